The minimum atomic E-state index is -0.163. The molecule has 0 fully saturated rings. The molecule has 2 nitrogen and oxygen atoms in total. The Hall–Kier alpha value is -0.250. The predicted octanol–water partition coefficient (Wildman–Crippen LogP) is 2.41. The highest BCUT2D eigenvalue weighted by atomic mass is 35.5. The summed E-state index contributed by atoms with van der Waals surface area (Å²) in [5.74, 6) is -0.163. The summed E-state index contributed by atoms with van der Waals surface area (Å²) in [6.45, 7) is 0. The molecule has 0 aliphatic heterocycles. The van der Waals surface area contributed by atoms with E-state index in [1.807, 2.05) is 0 Å². The lowest BCUT2D eigenvalue weighted by atomic mass is 10.4. The highest BCUT2D eigenvalue weighted by Gasteiger charge is 2.09. The van der Waals surface area contributed by atoms with Gasteiger partial charge in [-0.3, -0.25) is 4.79 Å². The molecule has 1 aromatic rings. The molecule has 1 N–H and O–H groups in total. The van der Waals surface area contributed by atoms with Gasteiger partial charge < -0.3 is 5.32 Å². The van der Waals surface area contributed by atoms with Crippen LogP contribution >= 0.6 is 34.5 Å². The number of amides is 1. The van der Waals surface area contributed by atoms with Gasteiger partial charge in [-0.15, -0.1) is 11.3 Å². The zero-order valence-corrected chi connectivity index (χ0v) is 7.98. The van der Waals surface area contributed by atoms with Crippen molar-refractivity contribution in [1.29, 1.82) is 0 Å². The largest absolute Gasteiger partial charge is 0.354 e. The predicted molar refractivity (Wildman–Crippen MR) is 47.7 cm³/mol. The van der Waals surface area contributed by atoms with Crippen LogP contribution in [0.25, 0.3) is 0 Å². The monoisotopic (exact) mass is 209 g/mol. The number of nitrogens with one attached hydrogen (secondary N) is 1. The summed E-state index contributed by atoms with van der Waals surface area (Å²) >= 11 is 12.4. The molecule has 0 aromatic carbocycles. The third-order valence-corrected chi connectivity index (χ3v) is 2.96. The van der Waals surface area contributed by atoms with Gasteiger partial charge in [-0.2, -0.15) is 0 Å². The van der Waals surface area contributed by atoms with E-state index in [9.17, 15) is 4.79 Å². The average molecular weight is 210 g/mol. The molecule has 1 aromatic heterocycles. The second kappa shape index (κ2) is 3.43. The molecule has 0 saturated heterocycles. The fourth-order valence-corrected chi connectivity index (χ4v) is 1.90. The van der Waals surface area contributed by atoms with Crippen LogP contribution in [0.3, 0.4) is 0 Å². The third kappa shape index (κ3) is 1.86. The Bertz CT molecular complexity index is 265. The van der Waals surface area contributed by atoms with Gasteiger partial charge in [0.15, 0.2) is 0 Å². The smallest absolute Gasteiger partial charge is 0.261 e. The van der Waals surface area contributed by atoms with E-state index in [1.54, 1.807) is 13.1 Å². The van der Waals surface area contributed by atoms with Crippen molar-refractivity contribution in [2.75, 3.05) is 7.05 Å². The molecular formula is C6H5Cl2NOS. The van der Waals surface area contributed by atoms with Crippen molar-refractivity contribution < 1.29 is 4.79 Å². The van der Waals surface area contributed by atoms with Crippen molar-refractivity contribution in [3.05, 3.63) is 20.3 Å². The summed E-state index contributed by atoms with van der Waals surface area (Å²) in [7, 11) is 1.56. The fraction of sp³-hybridized carbons (Fsp3) is 0.167. The summed E-state index contributed by atoms with van der Waals surface area (Å²) in [5, 5.41) is 2.90. The maximum atomic E-state index is 11.0. The van der Waals surface area contributed by atoms with Crippen molar-refractivity contribution >= 4 is 40.4 Å². The first-order valence-electron chi connectivity index (χ1n) is 2.82. The van der Waals surface area contributed by atoms with E-state index < -0.39 is 0 Å². The van der Waals surface area contributed by atoms with E-state index in [4.69, 9.17) is 23.2 Å². The quantitative estimate of drug-likeness (QED) is 0.757. The molecule has 0 radical (unpaired) electrons. The average Bonchev–Trinajstić information content (AvgIpc) is 2.31. The number of hydrogen-bond acceptors (Lipinski definition) is 2. The highest BCUT2D eigenvalue weighted by molar-refractivity contribution is 7.18. The van der Waals surface area contributed by atoms with Crippen LogP contribution < -0.4 is 5.32 Å². The molecule has 0 bridgehead atoms. The van der Waals surface area contributed by atoms with Crippen molar-refractivity contribution in [1.82, 2.24) is 5.32 Å². The zero-order valence-electron chi connectivity index (χ0n) is 5.65. The van der Waals surface area contributed by atoms with Gasteiger partial charge >= 0.3 is 0 Å². The molecule has 60 valence electrons. The Morgan fingerprint density at radius 1 is 1.64 bits per heavy atom. The first-order chi connectivity index (χ1) is 5.15. The molecule has 0 atom stereocenters. The second-order valence-corrected chi connectivity index (χ2v) is 3.87. The summed E-state index contributed by atoms with van der Waals surface area (Å²) in [6.07, 6.45) is 0. The van der Waals surface area contributed by atoms with Crippen LogP contribution in [-0.4, -0.2) is 13.0 Å². The standard InChI is InChI=1S/C6H5Cl2NOS/c1-9-6(10)4-2-3(7)5(8)11-4/h2H,1H3,(H,9,10). The summed E-state index contributed by atoms with van der Waals surface area (Å²) in [6, 6.07) is 1.55. The number of halogens is 2. The lowest BCUT2D eigenvalue weighted by Gasteiger charge is -1.90. The number of thiophene rings is 1. The number of carbonyl (C=O) groups excluding carboxylic acids is 1. The van der Waals surface area contributed by atoms with E-state index >= 15 is 0 Å². The Labute approximate surface area is 78.1 Å². The first-order valence-corrected chi connectivity index (χ1v) is 4.39. The molecule has 1 amide bonds. The second-order valence-electron chi connectivity index (χ2n) is 1.81. The zero-order chi connectivity index (χ0) is 8.43. The van der Waals surface area contributed by atoms with Crippen LogP contribution in [0.4, 0.5) is 0 Å². The number of rotatable bonds is 1. The summed E-state index contributed by atoms with van der Waals surface area (Å²) in [4.78, 5) is 11.5. The van der Waals surface area contributed by atoms with Crippen LogP contribution in [0.15, 0.2) is 6.07 Å². The van der Waals surface area contributed by atoms with Gasteiger partial charge in [0.25, 0.3) is 5.91 Å². The summed E-state index contributed by atoms with van der Waals surface area (Å²) < 4.78 is 0.449. The molecule has 11 heavy (non-hydrogen) atoms. The Morgan fingerprint density at radius 2 is 2.27 bits per heavy atom. The minimum Gasteiger partial charge on any atom is -0.354 e. The molecule has 0 aliphatic rings. The van der Waals surface area contributed by atoms with E-state index in [-0.39, 0.29) is 5.91 Å². The van der Waals surface area contributed by atoms with Gasteiger partial charge in [0, 0.05) is 7.05 Å². The lowest BCUT2D eigenvalue weighted by Crippen LogP contribution is -2.15. The third-order valence-electron chi connectivity index (χ3n) is 1.10. The van der Waals surface area contributed by atoms with Crippen LogP contribution in [0, 0.1) is 0 Å². The summed E-state index contributed by atoms with van der Waals surface area (Å²) in [5.41, 5.74) is 0. The molecule has 0 aliphatic carbocycles. The number of carbonyl (C=O) groups is 1. The van der Waals surface area contributed by atoms with Crippen molar-refractivity contribution in [3.8, 4) is 0 Å². The van der Waals surface area contributed by atoms with Gasteiger partial charge in [0.2, 0.25) is 0 Å². The molecule has 0 saturated carbocycles. The van der Waals surface area contributed by atoms with Crippen LogP contribution in [0.1, 0.15) is 9.67 Å². The molecule has 0 unspecified atom stereocenters. The van der Waals surface area contributed by atoms with E-state index in [0.29, 0.717) is 14.2 Å². The fourth-order valence-electron chi connectivity index (χ4n) is 0.582. The van der Waals surface area contributed by atoms with Crippen molar-refractivity contribution in [2.24, 2.45) is 0 Å². The van der Waals surface area contributed by atoms with Gasteiger partial charge in [0.1, 0.15) is 4.34 Å². The molecule has 1 rings (SSSR count). The Kier molecular flexibility index (Phi) is 2.76. The molecule has 5 heteroatoms. The Balaban J connectivity index is 2.97. The molecule has 0 spiro atoms. The van der Waals surface area contributed by atoms with Crippen LogP contribution in [-0.2, 0) is 0 Å². The SMILES string of the molecule is CNC(=O)c1cc(Cl)c(Cl)s1. The first kappa shape index (κ1) is 8.84. The van der Waals surface area contributed by atoms with Crippen LogP contribution in [0.5, 0.6) is 0 Å². The van der Waals surface area contributed by atoms with Gasteiger partial charge in [-0.05, 0) is 6.07 Å². The number of hydrogen-bond donors (Lipinski definition) is 1. The van der Waals surface area contributed by atoms with Crippen molar-refractivity contribution in [3.63, 3.8) is 0 Å². The maximum absolute atomic E-state index is 11.0. The topological polar surface area (TPSA) is 29.1 Å². The highest BCUT2D eigenvalue weighted by Crippen LogP contribution is 2.31. The minimum absolute atomic E-state index is 0.163. The lowest BCUT2D eigenvalue weighted by molar-refractivity contribution is 0.0967. The molecular weight excluding hydrogens is 205 g/mol. The van der Waals surface area contributed by atoms with Crippen LogP contribution in [0.2, 0.25) is 9.36 Å². The van der Waals surface area contributed by atoms with Gasteiger partial charge in [-0.1, -0.05) is 23.2 Å². The normalized spacial score (nSPS) is 9.73. The Morgan fingerprint density at radius 3 is 2.64 bits per heavy atom. The maximum Gasteiger partial charge on any atom is 0.261 e. The van der Waals surface area contributed by atoms with Crippen molar-refractivity contribution in [2.45, 2.75) is 0 Å². The van der Waals surface area contributed by atoms with Gasteiger partial charge in [-0.25, -0.2) is 0 Å². The molecule has 1 heterocycles. The van der Waals surface area contributed by atoms with E-state index in [0.717, 1.165) is 0 Å². The van der Waals surface area contributed by atoms with Gasteiger partial charge in [0.05, 0.1) is 9.90 Å². The van der Waals surface area contributed by atoms with E-state index in [2.05, 4.69) is 5.32 Å². The van der Waals surface area contributed by atoms with E-state index in [1.165, 1.54) is 11.3 Å².